The van der Waals surface area contributed by atoms with Crippen LogP contribution in [0, 0.1) is 5.41 Å². The number of nitrogens with one attached hydrogen (secondary N) is 5. The number of aromatic nitrogens is 1. The molecule has 0 saturated carbocycles. The Labute approximate surface area is 197 Å². The number of nitrogens with two attached hydrogens (primary N) is 1. The van der Waals surface area contributed by atoms with Gasteiger partial charge in [-0.3, -0.25) is 29.9 Å². The molecule has 1 atom stereocenters. The number of rotatable bonds is 14. The van der Waals surface area contributed by atoms with Gasteiger partial charge in [-0.2, -0.15) is 0 Å². The largest absolute Gasteiger partial charge is 0.481 e. The predicted molar refractivity (Wildman–Crippen MR) is 127 cm³/mol. The lowest BCUT2D eigenvalue weighted by Gasteiger charge is -2.16. The molecule has 11 nitrogen and oxygen atoms in total. The van der Waals surface area contributed by atoms with Crippen LogP contribution in [0.15, 0.2) is 30.5 Å². The van der Waals surface area contributed by atoms with E-state index in [-0.39, 0.29) is 18.8 Å². The summed E-state index contributed by atoms with van der Waals surface area (Å²) >= 11 is 0. The normalized spacial score (nSPS) is 11.5. The van der Waals surface area contributed by atoms with Crippen LogP contribution >= 0.6 is 0 Å². The molecule has 184 valence electrons. The van der Waals surface area contributed by atoms with E-state index in [0.29, 0.717) is 18.5 Å². The molecule has 0 saturated heterocycles. The lowest BCUT2D eigenvalue weighted by atomic mass is 10.1. The molecule has 1 aromatic carbocycles. The lowest BCUT2D eigenvalue weighted by molar-refractivity contribution is -0.142. The van der Waals surface area contributed by atoms with Crippen molar-refractivity contribution in [1.29, 1.82) is 5.41 Å². The maximum atomic E-state index is 12.5. The molecule has 11 heteroatoms. The number of benzene rings is 1. The average molecular weight is 473 g/mol. The molecule has 8 N–H and O–H groups in total. The first-order valence-corrected chi connectivity index (χ1v) is 11.2. The van der Waals surface area contributed by atoms with Crippen molar-refractivity contribution in [2.24, 2.45) is 5.73 Å². The minimum absolute atomic E-state index is 0.0590. The lowest BCUT2D eigenvalue weighted by Crippen LogP contribution is -2.49. The number of carbonyl (C=O) groups is 4. The number of guanidine groups is 1. The van der Waals surface area contributed by atoms with Crippen LogP contribution in [0.2, 0.25) is 0 Å². The summed E-state index contributed by atoms with van der Waals surface area (Å²) in [7, 11) is 0. The number of unbranched alkanes of at least 4 members (excludes halogenated alkanes) is 4. The van der Waals surface area contributed by atoms with Crippen molar-refractivity contribution in [2.75, 3.05) is 6.54 Å². The number of H-pyrrole nitrogens is 1. The van der Waals surface area contributed by atoms with Gasteiger partial charge in [0.2, 0.25) is 17.7 Å². The van der Waals surface area contributed by atoms with Crippen LogP contribution in [0.3, 0.4) is 0 Å². The molecule has 2 rings (SSSR count). The van der Waals surface area contributed by atoms with Crippen molar-refractivity contribution in [3.05, 3.63) is 36.0 Å². The van der Waals surface area contributed by atoms with Crippen molar-refractivity contribution in [3.8, 4) is 0 Å². The highest BCUT2D eigenvalue weighted by molar-refractivity contribution is 6.02. The van der Waals surface area contributed by atoms with E-state index >= 15 is 0 Å². The van der Waals surface area contributed by atoms with Gasteiger partial charge in [0.05, 0.1) is 12.8 Å². The Morgan fingerprint density at radius 3 is 2.47 bits per heavy atom. The van der Waals surface area contributed by atoms with Crippen molar-refractivity contribution in [3.63, 3.8) is 0 Å². The van der Waals surface area contributed by atoms with Crippen LogP contribution in [0.1, 0.15) is 50.5 Å². The average Bonchev–Trinajstić information content (AvgIpc) is 3.17. The van der Waals surface area contributed by atoms with Gasteiger partial charge in [-0.05, 0) is 24.5 Å². The molecule has 0 unspecified atom stereocenters. The van der Waals surface area contributed by atoms with Crippen molar-refractivity contribution < 1.29 is 24.3 Å². The van der Waals surface area contributed by atoms with Gasteiger partial charge < -0.3 is 26.5 Å². The second kappa shape index (κ2) is 13.6. The molecular formula is C23H32N6O5. The third kappa shape index (κ3) is 9.31. The molecule has 0 aliphatic carbocycles. The summed E-state index contributed by atoms with van der Waals surface area (Å²) in [6.07, 6.45) is 5.22. The highest BCUT2D eigenvalue weighted by Gasteiger charge is 2.25. The van der Waals surface area contributed by atoms with Crippen LogP contribution in [0.5, 0.6) is 0 Å². The van der Waals surface area contributed by atoms with E-state index in [0.717, 1.165) is 36.6 Å². The highest BCUT2D eigenvalue weighted by atomic mass is 16.4. The van der Waals surface area contributed by atoms with Gasteiger partial charge >= 0.3 is 5.97 Å². The SMILES string of the molecule is N=C(N)NCCCCCCCC(=O)N[C@@H](CC(=O)O)C(=O)NC(=O)Cc1c[nH]c2ccccc12. The van der Waals surface area contributed by atoms with E-state index < -0.39 is 36.2 Å². The first kappa shape index (κ1) is 26.4. The molecule has 2 aromatic rings. The number of carboxylic acid groups (broad SMARTS) is 1. The minimum atomic E-state index is -1.34. The zero-order chi connectivity index (χ0) is 24.9. The van der Waals surface area contributed by atoms with Crippen LogP contribution in [0.4, 0.5) is 0 Å². The molecule has 0 fully saturated rings. The fourth-order valence-corrected chi connectivity index (χ4v) is 3.53. The number of imide groups is 1. The number of para-hydroxylation sites is 1. The molecular weight excluding hydrogens is 440 g/mol. The fourth-order valence-electron chi connectivity index (χ4n) is 3.53. The van der Waals surface area contributed by atoms with Crippen LogP contribution in [-0.2, 0) is 25.6 Å². The number of aromatic amines is 1. The Bertz CT molecular complexity index is 1020. The number of fused-ring (bicyclic) bond motifs is 1. The summed E-state index contributed by atoms with van der Waals surface area (Å²) in [5.41, 5.74) is 6.77. The smallest absolute Gasteiger partial charge is 0.305 e. The third-order valence-corrected chi connectivity index (χ3v) is 5.22. The fraction of sp³-hybridized carbons (Fsp3) is 0.435. The Morgan fingerprint density at radius 1 is 1.03 bits per heavy atom. The van der Waals surface area contributed by atoms with Gasteiger partial charge in [0.25, 0.3) is 0 Å². The van der Waals surface area contributed by atoms with Gasteiger partial charge in [-0.25, -0.2) is 0 Å². The van der Waals surface area contributed by atoms with E-state index in [1.165, 1.54) is 0 Å². The molecule has 0 aliphatic rings. The second-order valence-electron chi connectivity index (χ2n) is 8.02. The van der Waals surface area contributed by atoms with Crippen LogP contribution in [-0.4, -0.2) is 52.3 Å². The maximum absolute atomic E-state index is 12.5. The number of carboxylic acids is 1. The number of hydrogen-bond donors (Lipinski definition) is 7. The van der Waals surface area contributed by atoms with E-state index in [1.54, 1.807) is 6.20 Å². The maximum Gasteiger partial charge on any atom is 0.305 e. The Kier molecular flexibility index (Phi) is 10.6. The molecule has 1 heterocycles. The molecule has 0 aliphatic heterocycles. The van der Waals surface area contributed by atoms with Crippen LogP contribution < -0.4 is 21.7 Å². The standard InChI is InChI=1S/C23H32N6O5/c24-23(25)26-11-7-3-1-2-4-10-19(30)28-18(13-21(32)33)22(34)29-20(31)12-15-14-27-17-9-6-5-8-16(15)17/h5-6,8-9,14,18,27H,1-4,7,10-13H2,(H,28,30)(H,32,33)(H4,24,25,26)(H,29,31,34)/t18-/m0/s1. The number of aliphatic carboxylic acids is 1. The van der Waals surface area contributed by atoms with E-state index in [9.17, 15) is 19.2 Å². The summed E-state index contributed by atoms with van der Waals surface area (Å²) in [4.78, 5) is 51.3. The van der Waals surface area contributed by atoms with Gasteiger partial charge in [0.1, 0.15) is 6.04 Å². The number of amides is 3. The molecule has 34 heavy (non-hydrogen) atoms. The first-order chi connectivity index (χ1) is 16.3. The zero-order valence-electron chi connectivity index (χ0n) is 19.0. The topological polar surface area (TPSA) is 190 Å². The number of hydrogen-bond acceptors (Lipinski definition) is 5. The molecule has 0 bridgehead atoms. The molecule has 3 amide bonds. The van der Waals surface area contributed by atoms with Gasteiger partial charge in [-0.15, -0.1) is 0 Å². The van der Waals surface area contributed by atoms with Crippen molar-refractivity contribution in [2.45, 2.75) is 57.4 Å². The number of carbonyl (C=O) groups excluding carboxylic acids is 3. The quantitative estimate of drug-likeness (QED) is 0.122. The third-order valence-electron chi connectivity index (χ3n) is 5.22. The molecule has 1 aromatic heterocycles. The predicted octanol–water partition coefficient (Wildman–Crippen LogP) is 1.14. The van der Waals surface area contributed by atoms with E-state index in [2.05, 4.69) is 20.9 Å². The van der Waals surface area contributed by atoms with Gasteiger partial charge in [-0.1, -0.05) is 37.5 Å². The first-order valence-electron chi connectivity index (χ1n) is 11.2. The second-order valence-corrected chi connectivity index (χ2v) is 8.02. The Balaban J connectivity index is 1.77. The highest BCUT2D eigenvalue weighted by Crippen LogP contribution is 2.18. The van der Waals surface area contributed by atoms with Gasteiger partial charge in [0.15, 0.2) is 5.96 Å². The molecule has 0 spiro atoms. The van der Waals surface area contributed by atoms with Gasteiger partial charge in [0, 0.05) is 30.1 Å². The van der Waals surface area contributed by atoms with E-state index in [1.807, 2.05) is 24.3 Å². The van der Waals surface area contributed by atoms with E-state index in [4.69, 9.17) is 16.2 Å². The summed E-state index contributed by atoms with van der Waals surface area (Å²) < 4.78 is 0. The molecule has 0 radical (unpaired) electrons. The Morgan fingerprint density at radius 2 is 1.74 bits per heavy atom. The zero-order valence-corrected chi connectivity index (χ0v) is 19.0. The van der Waals surface area contributed by atoms with Crippen LogP contribution in [0.25, 0.3) is 10.9 Å². The van der Waals surface area contributed by atoms with Crippen molar-refractivity contribution >= 4 is 40.6 Å². The summed E-state index contributed by atoms with van der Waals surface area (Å²) in [5, 5.41) is 24.4. The summed E-state index contributed by atoms with van der Waals surface area (Å²) in [6.45, 7) is 0.626. The summed E-state index contributed by atoms with van der Waals surface area (Å²) in [6, 6.07) is 6.08. The monoisotopic (exact) mass is 472 g/mol. The Hall–Kier alpha value is -3.89. The van der Waals surface area contributed by atoms with Crippen molar-refractivity contribution in [1.82, 2.24) is 20.9 Å². The minimum Gasteiger partial charge on any atom is -0.481 e. The summed E-state index contributed by atoms with van der Waals surface area (Å²) in [5.74, 6) is -3.19.